The Balaban J connectivity index is 1.79. The van der Waals surface area contributed by atoms with Crippen LogP contribution in [0.15, 0.2) is 36.4 Å². The summed E-state index contributed by atoms with van der Waals surface area (Å²) in [6.07, 6.45) is -0.491. The van der Waals surface area contributed by atoms with Crippen LogP contribution in [-0.4, -0.2) is 69.8 Å². The maximum atomic E-state index is 13.2. The van der Waals surface area contributed by atoms with E-state index >= 15 is 0 Å². The number of carbonyl (C=O) groups is 2. The van der Waals surface area contributed by atoms with E-state index in [0.717, 1.165) is 0 Å². The molecule has 36 heavy (non-hydrogen) atoms. The highest BCUT2D eigenvalue weighted by molar-refractivity contribution is 5.99. The Morgan fingerprint density at radius 3 is 1.33 bits per heavy atom. The second-order valence-electron chi connectivity index (χ2n) is 8.79. The summed E-state index contributed by atoms with van der Waals surface area (Å²) in [6, 6.07) is 7.75. The molecule has 1 aliphatic heterocycles. The van der Waals surface area contributed by atoms with Crippen molar-refractivity contribution in [3.63, 3.8) is 0 Å². The minimum absolute atomic E-state index is 0.0731. The van der Waals surface area contributed by atoms with Crippen LogP contribution in [0.3, 0.4) is 0 Å². The zero-order valence-corrected chi connectivity index (χ0v) is 20.5. The first-order chi connectivity index (χ1) is 17.0. The van der Waals surface area contributed by atoms with E-state index in [2.05, 4.69) is 0 Å². The summed E-state index contributed by atoms with van der Waals surface area (Å²) in [5.41, 5.74) is -0.314. The minimum Gasteiger partial charge on any atom is -0.490 e. The van der Waals surface area contributed by atoms with Gasteiger partial charge in [0.15, 0.2) is 0 Å². The van der Waals surface area contributed by atoms with E-state index in [1.165, 1.54) is 46.2 Å². The lowest BCUT2D eigenvalue weighted by atomic mass is 10.1. The number of hydrogen-bond acceptors (Lipinski definition) is 8. The molecule has 0 aromatic heterocycles. The summed E-state index contributed by atoms with van der Waals surface area (Å²) >= 11 is 0. The third-order valence-corrected chi connectivity index (χ3v) is 5.39. The van der Waals surface area contributed by atoms with Crippen LogP contribution < -0.4 is 9.47 Å². The summed E-state index contributed by atoms with van der Waals surface area (Å²) in [7, 11) is 0. The molecule has 192 valence electrons. The first kappa shape index (κ1) is 26.4. The van der Waals surface area contributed by atoms with Crippen molar-refractivity contribution < 1.29 is 28.9 Å². The van der Waals surface area contributed by atoms with Crippen LogP contribution in [0.5, 0.6) is 11.5 Å². The SMILES string of the molecule is CC(C)Oc1ccc([N+](=O)[O-])cc1C(=O)N1CCN(C(=O)c2cc([N+](=O)[O-])ccc2OC(C)C)CC1. The van der Waals surface area contributed by atoms with E-state index in [4.69, 9.17) is 9.47 Å². The normalized spacial score (nSPS) is 13.6. The van der Waals surface area contributed by atoms with E-state index in [1.807, 2.05) is 0 Å². The smallest absolute Gasteiger partial charge is 0.270 e. The third kappa shape index (κ3) is 6.06. The predicted molar refractivity (Wildman–Crippen MR) is 130 cm³/mol. The number of non-ortho nitro benzene ring substituents is 2. The van der Waals surface area contributed by atoms with Crippen molar-refractivity contribution in [2.45, 2.75) is 39.9 Å². The van der Waals surface area contributed by atoms with Gasteiger partial charge in [-0.15, -0.1) is 0 Å². The number of nitro benzene ring substituents is 2. The number of rotatable bonds is 8. The van der Waals surface area contributed by atoms with Gasteiger partial charge >= 0.3 is 0 Å². The molecular weight excluding hydrogens is 472 g/mol. The third-order valence-electron chi connectivity index (χ3n) is 5.39. The van der Waals surface area contributed by atoms with E-state index in [-0.39, 0.29) is 72.4 Å². The molecule has 0 radical (unpaired) electrons. The summed E-state index contributed by atoms with van der Waals surface area (Å²) < 4.78 is 11.4. The number of piperazine rings is 1. The molecule has 0 saturated carbocycles. The highest BCUT2D eigenvalue weighted by atomic mass is 16.6. The van der Waals surface area contributed by atoms with Crippen LogP contribution in [0.1, 0.15) is 48.4 Å². The highest BCUT2D eigenvalue weighted by Gasteiger charge is 2.30. The van der Waals surface area contributed by atoms with Gasteiger partial charge < -0.3 is 19.3 Å². The molecule has 0 N–H and O–H groups in total. The van der Waals surface area contributed by atoms with Crippen LogP contribution in [0.4, 0.5) is 11.4 Å². The van der Waals surface area contributed by atoms with Crippen LogP contribution >= 0.6 is 0 Å². The van der Waals surface area contributed by atoms with Crippen molar-refractivity contribution in [1.29, 1.82) is 0 Å². The molecule has 12 heteroatoms. The Morgan fingerprint density at radius 1 is 0.722 bits per heavy atom. The Kier molecular flexibility index (Phi) is 8.07. The molecule has 0 atom stereocenters. The molecule has 2 aromatic rings. The topological polar surface area (TPSA) is 145 Å². The Labute approximate surface area is 207 Å². The van der Waals surface area contributed by atoms with Crippen molar-refractivity contribution in [2.75, 3.05) is 26.2 Å². The van der Waals surface area contributed by atoms with Crippen molar-refractivity contribution in [3.05, 3.63) is 67.8 Å². The lowest BCUT2D eigenvalue weighted by Crippen LogP contribution is -2.50. The summed E-state index contributed by atoms with van der Waals surface area (Å²) in [6.45, 7) is 7.81. The van der Waals surface area contributed by atoms with E-state index in [1.54, 1.807) is 27.7 Å². The second-order valence-corrected chi connectivity index (χ2v) is 8.79. The molecule has 1 saturated heterocycles. The van der Waals surface area contributed by atoms with Gasteiger partial charge in [0.05, 0.1) is 33.2 Å². The lowest BCUT2D eigenvalue weighted by Gasteiger charge is -2.35. The van der Waals surface area contributed by atoms with Crippen LogP contribution in [0.2, 0.25) is 0 Å². The van der Waals surface area contributed by atoms with E-state index in [0.29, 0.717) is 0 Å². The van der Waals surface area contributed by atoms with Crippen LogP contribution in [-0.2, 0) is 0 Å². The molecule has 3 rings (SSSR count). The molecule has 0 aliphatic carbocycles. The molecule has 0 unspecified atom stereocenters. The quantitative estimate of drug-likeness (QED) is 0.394. The lowest BCUT2D eigenvalue weighted by molar-refractivity contribution is -0.385. The van der Waals surface area contributed by atoms with Gasteiger partial charge in [-0.3, -0.25) is 29.8 Å². The van der Waals surface area contributed by atoms with Crippen molar-refractivity contribution >= 4 is 23.2 Å². The first-order valence-electron chi connectivity index (χ1n) is 11.5. The Bertz CT molecular complexity index is 1080. The maximum absolute atomic E-state index is 13.2. The summed E-state index contributed by atoms with van der Waals surface area (Å²) in [5, 5.41) is 22.5. The monoisotopic (exact) mass is 500 g/mol. The maximum Gasteiger partial charge on any atom is 0.270 e. The molecule has 2 amide bonds. The summed E-state index contributed by atoms with van der Waals surface area (Å²) in [5.74, 6) is -0.404. The van der Waals surface area contributed by atoms with Gasteiger partial charge in [0.2, 0.25) is 0 Å². The molecule has 2 aromatic carbocycles. The molecule has 0 spiro atoms. The fourth-order valence-electron chi connectivity index (χ4n) is 3.76. The van der Waals surface area contributed by atoms with Gasteiger partial charge in [-0.2, -0.15) is 0 Å². The second kappa shape index (κ2) is 11.0. The molecule has 0 bridgehead atoms. The molecule has 1 aliphatic rings. The Morgan fingerprint density at radius 2 is 1.06 bits per heavy atom. The van der Waals surface area contributed by atoms with Crippen LogP contribution in [0, 0.1) is 20.2 Å². The number of nitro groups is 2. The van der Waals surface area contributed by atoms with Gasteiger partial charge in [0, 0.05) is 50.4 Å². The highest BCUT2D eigenvalue weighted by Crippen LogP contribution is 2.29. The fourth-order valence-corrected chi connectivity index (χ4v) is 3.76. The van der Waals surface area contributed by atoms with Crippen molar-refractivity contribution in [1.82, 2.24) is 9.80 Å². The number of amides is 2. The molecule has 1 fully saturated rings. The molecule has 12 nitrogen and oxygen atoms in total. The van der Waals surface area contributed by atoms with Crippen molar-refractivity contribution in [3.8, 4) is 11.5 Å². The summed E-state index contributed by atoms with van der Waals surface area (Å²) in [4.78, 5) is 50.8. The first-order valence-corrected chi connectivity index (χ1v) is 11.5. The predicted octanol–water partition coefficient (Wildman–Crippen LogP) is 3.68. The standard InChI is InChI=1S/C24H28N4O8/c1-15(2)35-21-7-5-17(27(31)32)13-19(21)23(29)25-9-11-26(12-10-25)24(30)20-14-18(28(33)34)6-8-22(20)36-16(3)4/h5-8,13-16H,9-12H2,1-4H3. The number of ether oxygens (including phenoxy) is 2. The Hall–Kier alpha value is -4.22. The largest absolute Gasteiger partial charge is 0.490 e. The number of benzene rings is 2. The average Bonchev–Trinajstić information content (AvgIpc) is 2.82. The minimum atomic E-state index is -0.581. The number of carbonyl (C=O) groups excluding carboxylic acids is 2. The average molecular weight is 501 g/mol. The number of nitrogens with zero attached hydrogens (tertiary/aromatic N) is 4. The van der Waals surface area contributed by atoms with Crippen molar-refractivity contribution in [2.24, 2.45) is 0 Å². The number of hydrogen-bond donors (Lipinski definition) is 0. The zero-order valence-electron chi connectivity index (χ0n) is 20.5. The fraction of sp³-hybridized carbons (Fsp3) is 0.417. The van der Waals surface area contributed by atoms with E-state index < -0.39 is 21.7 Å². The zero-order chi connectivity index (χ0) is 26.6. The van der Waals surface area contributed by atoms with E-state index in [9.17, 15) is 29.8 Å². The van der Waals surface area contributed by atoms with Crippen LogP contribution in [0.25, 0.3) is 0 Å². The van der Waals surface area contributed by atoms with Gasteiger partial charge in [0.1, 0.15) is 11.5 Å². The molecular formula is C24H28N4O8. The van der Waals surface area contributed by atoms with Gasteiger partial charge in [-0.25, -0.2) is 0 Å². The van der Waals surface area contributed by atoms with Gasteiger partial charge in [-0.1, -0.05) is 0 Å². The van der Waals surface area contributed by atoms with Gasteiger partial charge in [0.25, 0.3) is 23.2 Å². The molecule has 1 heterocycles. The van der Waals surface area contributed by atoms with Gasteiger partial charge in [-0.05, 0) is 39.8 Å².